The minimum atomic E-state index is -3.25. The number of rotatable bonds is 4. The van der Waals surface area contributed by atoms with Crippen molar-refractivity contribution in [1.29, 1.82) is 0 Å². The third-order valence-corrected chi connectivity index (χ3v) is 4.70. The summed E-state index contributed by atoms with van der Waals surface area (Å²) in [6.07, 6.45) is 0.764. The Balaban J connectivity index is 0.00000196. The molecule has 0 spiro atoms. The van der Waals surface area contributed by atoms with Crippen molar-refractivity contribution in [3.63, 3.8) is 0 Å². The van der Waals surface area contributed by atoms with Gasteiger partial charge in [0.2, 0.25) is 0 Å². The largest absolute Gasteiger partial charge is 0.326 e. The van der Waals surface area contributed by atoms with Gasteiger partial charge >= 0.3 is 0 Å². The summed E-state index contributed by atoms with van der Waals surface area (Å²) in [6, 6.07) is 0.000312. The minimum absolute atomic E-state index is 0. The predicted octanol–water partition coefficient (Wildman–Crippen LogP) is 0.0278. The standard InChI is InChI=1S/C8H19N3O2S.ClH/c1-3-10(4-2)14(12,13)11-6-5-8(9)7-11;/h8H,3-7,9H2,1-2H3;1H/t8-;/m0./s1. The zero-order chi connectivity index (χ0) is 10.8. The van der Waals surface area contributed by atoms with Crippen LogP contribution in [-0.2, 0) is 10.2 Å². The summed E-state index contributed by atoms with van der Waals surface area (Å²) in [7, 11) is -3.25. The Morgan fingerprint density at radius 1 is 1.40 bits per heavy atom. The van der Waals surface area contributed by atoms with Crippen molar-refractivity contribution < 1.29 is 8.42 Å². The van der Waals surface area contributed by atoms with Gasteiger partial charge in [-0.1, -0.05) is 13.8 Å². The van der Waals surface area contributed by atoms with Gasteiger partial charge in [-0.3, -0.25) is 0 Å². The summed E-state index contributed by atoms with van der Waals surface area (Å²) >= 11 is 0. The lowest BCUT2D eigenvalue weighted by molar-refractivity contribution is 0.378. The van der Waals surface area contributed by atoms with Crippen LogP contribution in [0.3, 0.4) is 0 Å². The zero-order valence-corrected chi connectivity index (χ0v) is 10.9. The Labute approximate surface area is 98.2 Å². The van der Waals surface area contributed by atoms with Gasteiger partial charge in [0, 0.05) is 32.2 Å². The van der Waals surface area contributed by atoms with E-state index in [4.69, 9.17) is 5.73 Å². The first-order chi connectivity index (χ1) is 6.52. The SMILES string of the molecule is CCN(CC)S(=O)(=O)N1CC[C@H](N)C1.Cl. The van der Waals surface area contributed by atoms with Gasteiger partial charge in [0.1, 0.15) is 0 Å². The number of hydrogen-bond donors (Lipinski definition) is 1. The van der Waals surface area contributed by atoms with Crippen LogP contribution in [0.5, 0.6) is 0 Å². The Bertz CT molecular complexity index is 280. The number of halogens is 1. The lowest BCUT2D eigenvalue weighted by atomic mass is 10.3. The van der Waals surface area contributed by atoms with E-state index in [1.807, 2.05) is 13.8 Å². The number of nitrogens with two attached hydrogens (primary N) is 1. The van der Waals surface area contributed by atoms with Crippen molar-refractivity contribution in [1.82, 2.24) is 8.61 Å². The topological polar surface area (TPSA) is 66.6 Å². The second-order valence-corrected chi connectivity index (χ2v) is 5.43. The van der Waals surface area contributed by atoms with Gasteiger partial charge in [-0.2, -0.15) is 17.0 Å². The third-order valence-electron chi connectivity index (χ3n) is 2.55. The van der Waals surface area contributed by atoms with Crippen LogP contribution in [0.1, 0.15) is 20.3 Å². The Morgan fingerprint density at radius 3 is 2.27 bits per heavy atom. The van der Waals surface area contributed by atoms with Crippen LogP contribution in [0.4, 0.5) is 0 Å². The average molecular weight is 258 g/mol. The fraction of sp³-hybridized carbons (Fsp3) is 1.00. The fourth-order valence-corrected chi connectivity index (χ4v) is 3.37. The second kappa shape index (κ2) is 6.00. The van der Waals surface area contributed by atoms with Gasteiger partial charge in [-0.25, -0.2) is 0 Å². The number of hydrogen-bond acceptors (Lipinski definition) is 3. The molecule has 0 amide bonds. The molecule has 0 radical (unpaired) electrons. The summed E-state index contributed by atoms with van der Waals surface area (Å²) in [5.41, 5.74) is 5.68. The molecule has 7 heteroatoms. The van der Waals surface area contributed by atoms with E-state index in [1.54, 1.807) is 0 Å². The Morgan fingerprint density at radius 2 is 1.93 bits per heavy atom. The molecule has 0 aromatic carbocycles. The van der Waals surface area contributed by atoms with E-state index >= 15 is 0 Å². The molecule has 1 rings (SSSR count). The van der Waals surface area contributed by atoms with Crippen LogP contribution in [0.2, 0.25) is 0 Å². The maximum atomic E-state index is 11.9. The summed E-state index contributed by atoms with van der Waals surface area (Å²) in [4.78, 5) is 0. The Kier molecular flexibility index (Phi) is 6.05. The smallest absolute Gasteiger partial charge is 0.282 e. The molecule has 0 bridgehead atoms. The first kappa shape index (κ1) is 15.1. The molecule has 2 N–H and O–H groups in total. The monoisotopic (exact) mass is 257 g/mol. The van der Waals surface area contributed by atoms with Gasteiger partial charge in [0.25, 0.3) is 10.2 Å². The van der Waals surface area contributed by atoms with E-state index in [-0.39, 0.29) is 18.4 Å². The molecule has 1 atom stereocenters. The van der Waals surface area contributed by atoms with Gasteiger partial charge in [0.05, 0.1) is 0 Å². The molecule has 0 aromatic rings. The minimum Gasteiger partial charge on any atom is -0.326 e. The second-order valence-electron chi connectivity index (χ2n) is 3.50. The molecule has 0 unspecified atom stereocenters. The van der Waals surface area contributed by atoms with Gasteiger partial charge in [0.15, 0.2) is 0 Å². The van der Waals surface area contributed by atoms with Crippen molar-refractivity contribution in [3.8, 4) is 0 Å². The lowest BCUT2D eigenvalue weighted by Gasteiger charge is -2.24. The molecule has 1 fully saturated rings. The van der Waals surface area contributed by atoms with E-state index in [0.717, 1.165) is 6.42 Å². The molecule has 5 nitrogen and oxygen atoms in total. The molecule has 1 aliphatic rings. The normalized spacial score (nSPS) is 23.1. The van der Waals surface area contributed by atoms with E-state index in [9.17, 15) is 8.42 Å². The lowest BCUT2D eigenvalue weighted by Crippen LogP contribution is -2.43. The molecule has 0 aromatic heterocycles. The first-order valence-corrected chi connectivity index (χ1v) is 6.42. The zero-order valence-electron chi connectivity index (χ0n) is 9.22. The fourth-order valence-electron chi connectivity index (χ4n) is 1.68. The predicted molar refractivity (Wildman–Crippen MR) is 63.3 cm³/mol. The van der Waals surface area contributed by atoms with E-state index in [0.29, 0.717) is 26.2 Å². The van der Waals surface area contributed by atoms with E-state index in [1.165, 1.54) is 8.61 Å². The highest BCUT2D eigenvalue weighted by Crippen LogP contribution is 2.15. The molecule has 1 saturated heterocycles. The highest BCUT2D eigenvalue weighted by molar-refractivity contribution is 7.86. The van der Waals surface area contributed by atoms with E-state index < -0.39 is 10.2 Å². The summed E-state index contributed by atoms with van der Waals surface area (Å²) in [5, 5.41) is 0. The molecule has 1 heterocycles. The summed E-state index contributed by atoms with van der Waals surface area (Å²) in [6.45, 7) is 5.74. The summed E-state index contributed by atoms with van der Waals surface area (Å²) in [5.74, 6) is 0. The molecule has 15 heavy (non-hydrogen) atoms. The van der Waals surface area contributed by atoms with Crippen molar-refractivity contribution in [2.24, 2.45) is 5.73 Å². The van der Waals surface area contributed by atoms with Gasteiger partial charge < -0.3 is 5.73 Å². The summed E-state index contributed by atoms with van der Waals surface area (Å²) < 4.78 is 26.8. The maximum Gasteiger partial charge on any atom is 0.282 e. The van der Waals surface area contributed by atoms with Crippen LogP contribution < -0.4 is 5.73 Å². The molecule has 0 aliphatic carbocycles. The molecule has 92 valence electrons. The Hall–Kier alpha value is 0.120. The van der Waals surface area contributed by atoms with Crippen LogP contribution >= 0.6 is 12.4 Å². The van der Waals surface area contributed by atoms with Crippen LogP contribution in [0, 0.1) is 0 Å². The highest BCUT2D eigenvalue weighted by atomic mass is 35.5. The third kappa shape index (κ3) is 3.29. The van der Waals surface area contributed by atoms with Crippen LogP contribution in [0.25, 0.3) is 0 Å². The van der Waals surface area contributed by atoms with Crippen molar-refractivity contribution in [3.05, 3.63) is 0 Å². The van der Waals surface area contributed by atoms with Crippen LogP contribution in [-0.4, -0.2) is 49.2 Å². The quantitative estimate of drug-likeness (QED) is 0.773. The van der Waals surface area contributed by atoms with Crippen molar-refractivity contribution in [2.45, 2.75) is 26.3 Å². The van der Waals surface area contributed by atoms with Crippen molar-refractivity contribution in [2.75, 3.05) is 26.2 Å². The molecule has 1 aliphatic heterocycles. The van der Waals surface area contributed by atoms with Crippen LogP contribution in [0.15, 0.2) is 0 Å². The molecular weight excluding hydrogens is 238 g/mol. The molecule has 0 saturated carbocycles. The first-order valence-electron chi connectivity index (χ1n) is 5.03. The number of nitrogens with zero attached hydrogens (tertiary/aromatic N) is 2. The van der Waals surface area contributed by atoms with Gasteiger partial charge in [-0.05, 0) is 6.42 Å². The van der Waals surface area contributed by atoms with E-state index in [2.05, 4.69) is 0 Å². The highest BCUT2D eigenvalue weighted by Gasteiger charge is 2.32. The average Bonchev–Trinajstić information content (AvgIpc) is 2.54. The maximum absolute atomic E-state index is 11.9. The van der Waals surface area contributed by atoms with Crippen molar-refractivity contribution >= 4 is 22.6 Å². The van der Waals surface area contributed by atoms with Gasteiger partial charge in [-0.15, -0.1) is 12.4 Å². The molecular formula is C8H20ClN3O2S.